The van der Waals surface area contributed by atoms with Crippen molar-refractivity contribution >= 4 is 38.9 Å². The summed E-state index contributed by atoms with van der Waals surface area (Å²) in [7, 11) is 1.65. The third-order valence-corrected chi connectivity index (χ3v) is 4.96. The molecule has 0 aliphatic rings. The third-order valence-electron chi connectivity index (χ3n) is 4.09. The average Bonchev–Trinajstić information content (AvgIpc) is 3.10. The van der Waals surface area contributed by atoms with Gasteiger partial charge in [0.1, 0.15) is 17.1 Å². The standard InChI is InChI=1S/C20H17FN4OS/c1-26-16-7-5-13(6-8-16)12-23-17-9-10-22-18-19(17)27-25-20(18)24-15-4-2-3-14(21)11-15/h2-11H,12H2,1H3,(H,22,23)(H,24,25). The van der Waals surface area contributed by atoms with Gasteiger partial charge >= 0.3 is 0 Å². The van der Waals surface area contributed by atoms with E-state index in [0.29, 0.717) is 18.1 Å². The van der Waals surface area contributed by atoms with Gasteiger partial charge in [0.05, 0.1) is 17.5 Å². The minimum Gasteiger partial charge on any atom is -0.497 e. The van der Waals surface area contributed by atoms with E-state index >= 15 is 0 Å². The lowest BCUT2D eigenvalue weighted by atomic mass is 10.2. The van der Waals surface area contributed by atoms with E-state index in [0.717, 1.165) is 27.2 Å². The van der Waals surface area contributed by atoms with E-state index in [9.17, 15) is 4.39 Å². The number of rotatable bonds is 6. The van der Waals surface area contributed by atoms with Crippen LogP contribution in [0.1, 0.15) is 5.56 Å². The van der Waals surface area contributed by atoms with E-state index in [1.807, 2.05) is 30.3 Å². The largest absolute Gasteiger partial charge is 0.497 e. The second kappa shape index (κ2) is 7.59. The van der Waals surface area contributed by atoms with Gasteiger partial charge in [0, 0.05) is 18.4 Å². The fourth-order valence-electron chi connectivity index (χ4n) is 2.71. The maximum Gasteiger partial charge on any atom is 0.170 e. The summed E-state index contributed by atoms with van der Waals surface area (Å²) in [6.45, 7) is 0.674. The Hall–Kier alpha value is -3.19. The molecule has 0 aliphatic carbocycles. The summed E-state index contributed by atoms with van der Waals surface area (Å²) < 4.78 is 24.0. The second-order valence-electron chi connectivity index (χ2n) is 5.90. The van der Waals surface area contributed by atoms with Crippen molar-refractivity contribution in [2.75, 3.05) is 17.7 Å². The molecule has 27 heavy (non-hydrogen) atoms. The zero-order valence-corrected chi connectivity index (χ0v) is 15.4. The molecule has 0 spiro atoms. The van der Waals surface area contributed by atoms with Crippen LogP contribution in [0.4, 0.5) is 21.6 Å². The van der Waals surface area contributed by atoms with Gasteiger partial charge in [0.2, 0.25) is 0 Å². The number of pyridine rings is 1. The maximum absolute atomic E-state index is 13.4. The zero-order valence-electron chi connectivity index (χ0n) is 14.6. The van der Waals surface area contributed by atoms with Crippen molar-refractivity contribution in [3.63, 3.8) is 0 Å². The number of ether oxygens (including phenoxy) is 1. The molecule has 2 N–H and O–H groups in total. The Morgan fingerprint density at radius 2 is 1.96 bits per heavy atom. The molecule has 0 bridgehead atoms. The van der Waals surface area contributed by atoms with Gasteiger partial charge in [-0.1, -0.05) is 18.2 Å². The van der Waals surface area contributed by atoms with Crippen LogP contribution < -0.4 is 15.4 Å². The average molecular weight is 380 g/mol. The van der Waals surface area contributed by atoms with Crippen molar-refractivity contribution in [2.45, 2.75) is 6.54 Å². The molecule has 4 rings (SSSR count). The molecule has 0 fully saturated rings. The van der Waals surface area contributed by atoms with Gasteiger partial charge in [-0.05, 0) is 53.5 Å². The van der Waals surface area contributed by atoms with E-state index in [2.05, 4.69) is 20.0 Å². The molecule has 2 aromatic carbocycles. The van der Waals surface area contributed by atoms with Gasteiger partial charge in [-0.3, -0.25) is 4.98 Å². The SMILES string of the molecule is COc1ccc(CNc2ccnc3c(Nc4cccc(F)c4)nsc23)cc1. The number of fused-ring (bicyclic) bond motifs is 1. The van der Waals surface area contributed by atoms with E-state index in [4.69, 9.17) is 4.74 Å². The number of hydrogen-bond donors (Lipinski definition) is 2. The van der Waals surface area contributed by atoms with E-state index in [1.54, 1.807) is 25.4 Å². The minimum absolute atomic E-state index is 0.297. The van der Waals surface area contributed by atoms with Crippen molar-refractivity contribution in [3.05, 3.63) is 72.2 Å². The highest BCUT2D eigenvalue weighted by Gasteiger charge is 2.12. The van der Waals surface area contributed by atoms with Gasteiger partial charge in [0.15, 0.2) is 5.82 Å². The first-order valence-corrected chi connectivity index (χ1v) is 9.14. The number of anilines is 3. The molecule has 0 aliphatic heterocycles. The summed E-state index contributed by atoms with van der Waals surface area (Å²) in [6.07, 6.45) is 1.74. The second-order valence-corrected chi connectivity index (χ2v) is 6.68. The van der Waals surface area contributed by atoms with Gasteiger partial charge in [-0.15, -0.1) is 0 Å². The molecule has 0 amide bonds. The van der Waals surface area contributed by atoms with Crippen molar-refractivity contribution in [1.82, 2.24) is 9.36 Å². The molecule has 0 atom stereocenters. The highest BCUT2D eigenvalue weighted by molar-refractivity contribution is 7.14. The van der Waals surface area contributed by atoms with Crippen LogP contribution in [0.2, 0.25) is 0 Å². The predicted molar refractivity (Wildman–Crippen MR) is 107 cm³/mol. The lowest BCUT2D eigenvalue weighted by Gasteiger charge is -2.08. The van der Waals surface area contributed by atoms with Crippen LogP contribution in [-0.2, 0) is 6.54 Å². The summed E-state index contributed by atoms with van der Waals surface area (Å²) in [5, 5.41) is 6.57. The quantitative estimate of drug-likeness (QED) is 0.482. The smallest absolute Gasteiger partial charge is 0.170 e. The van der Waals surface area contributed by atoms with Gasteiger partial charge in [-0.25, -0.2) is 4.39 Å². The topological polar surface area (TPSA) is 59.1 Å². The molecule has 0 unspecified atom stereocenters. The molecule has 0 saturated carbocycles. The van der Waals surface area contributed by atoms with Crippen molar-refractivity contribution < 1.29 is 9.13 Å². The number of hydrogen-bond acceptors (Lipinski definition) is 6. The van der Waals surface area contributed by atoms with Gasteiger partial charge in [0.25, 0.3) is 0 Å². The Morgan fingerprint density at radius 1 is 1.11 bits per heavy atom. The molecule has 7 heteroatoms. The van der Waals surface area contributed by atoms with Gasteiger partial charge in [-0.2, -0.15) is 4.37 Å². The Morgan fingerprint density at radius 3 is 2.74 bits per heavy atom. The summed E-state index contributed by atoms with van der Waals surface area (Å²) in [5.41, 5.74) is 3.49. The molecule has 2 aromatic heterocycles. The molecule has 5 nitrogen and oxygen atoms in total. The summed E-state index contributed by atoms with van der Waals surface area (Å²) in [4.78, 5) is 4.43. The fourth-order valence-corrected chi connectivity index (χ4v) is 3.50. The minimum atomic E-state index is -0.297. The first-order chi connectivity index (χ1) is 13.2. The van der Waals surface area contributed by atoms with Gasteiger partial charge < -0.3 is 15.4 Å². The van der Waals surface area contributed by atoms with Crippen LogP contribution in [0.15, 0.2) is 60.8 Å². The third kappa shape index (κ3) is 3.83. The monoisotopic (exact) mass is 380 g/mol. The van der Waals surface area contributed by atoms with E-state index in [1.165, 1.54) is 23.7 Å². The summed E-state index contributed by atoms with van der Waals surface area (Å²) in [6, 6.07) is 16.1. The van der Waals surface area contributed by atoms with Crippen LogP contribution >= 0.6 is 11.5 Å². The van der Waals surface area contributed by atoms with Crippen LogP contribution in [0.25, 0.3) is 10.2 Å². The molecule has 0 saturated heterocycles. The number of aromatic nitrogens is 2. The fraction of sp³-hybridized carbons (Fsp3) is 0.100. The molecule has 4 aromatic rings. The molecule has 0 radical (unpaired) electrons. The van der Waals surface area contributed by atoms with E-state index < -0.39 is 0 Å². The maximum atomic E-state index is 13.4. The normalized spacial score (nSPS) is 10.7. The predicted octanol–water partition coefficient (Wildman–Crippen LogP) is 5.19. The zero-order chi connectivity index (χ0) is 18.6. The number of halogens is 1. The Bertz CT molecular complexity index is 1070. The number of methoxy groups -OCH3 is 1. The van der Waals surface area contributed by atoms with Crippen LogP contribution in [0.3, 0.4) is 0 Å². The lowest BCUT2D eigenvalue weighted by molar-refractivity contribution is 0.414. The lowest BCUT2D eigenvalue weighted by Crippen LogP contribution is -2.00. The van der Waals surface area contributed by atoms with Crippen LogP contribution in [0.5, 0.6) is 5.75 Å². The molecule has 2 heterocycles. The summed E-state index contributed by atoms with van der Waals surface area (Å²) >= 11 is 1.35. The number of nitrogens with one attached hydrogen (secondary N) is 2. The van der Waals surface area contributed by atoms with E-state index in [-0.39, 0.29) is 5.82 Å². The molecule has 136 valence electrons. The first kappa shape index (κ1) is 17.2. The van der Waals surface area contributed by atoms with Crippen molar-refractivity contribution in [2.24, 2.45) is 0 Å². The van der Waals surface area contributed by atoms with Crippen LogP contribution in [0, 0.1) is 5.82 Å². The Labute approximate surface area is 160 Å². The molecular weight excluding hydrogens is 363 g/mol. The molecular formula is C20H17FN4OS. The van der Waals surface area contributed by atoms with Crippen molar-refractivity contribution in [1.29, 1.82) is 0 Å². The number of nitrogens with zero attached hydrogens (tertiary/aromatic N) is 2. The number of benzene rings is 2. The Kier molecular flexibility index (Phi) is 4.84. The van der Waals surface area contributed by atoms with Crippen molar-refractivity contribution in [3.8, 4) is 5.75 Å². The highest BCUT2D eigenvalue weighted by Crippen LogP contribution is 2.32. The van der Waals surface area contributed by atoms with Crippen LogP contribution in [-0.4, -0.2) is 16.5 Å². The first-order valence-electron chi connectivity index (χ1n) is 8.37. The highest BCUT2D eigenvalue weighted by atomic mass is 32.1. The summed E-state index contributed by atoms with van der Waals surface area (Å²) in [5.74, 6) is 1.16. The Balaban J connectivity index is 1.54.